The Labute approximate surface area is 185 Å². The highest BCUT2D eigenvalue weighted by Gasteiger charge is 2.15. The number of carbonyl (C=O) groups excluding carboxylic acids is 2. The van der Waals surface area contributed by atoms with E-state index in [1.54, 1.807) is 0 Å². The van der Waals surface area contributed by atoms with Crippen LogP contribution in [0.3, 0.4) is 0 Å². The molecule has 3 rings (SSSR count). The highest BCUT2D eigenvalue weighted by Crippen LogP contribution is 2.26. The molecular formula is C25H33N3O3. The number of rotatable bonds is 10. The lowest BCUT2D eigenvalue weighted by atomic mass is 10.0. The predicted molar refractivity (Wildman–Crippen MR) is 123 cm³/mol. The van der Waals surface area contributed by atoms with Gasteiger partial charge in [-0.1, -0.05) is 24.3 Å². The van der Waals surface area contributed by atoms with E-state index in [2.05, 4.69) is 48.6 Å². The summed E-state index contributed by atoms with van der Waals surface area (Å²) in [6.07, 6.45) is 2.31. The summed E-state index contributed by atoms with van der Waals surface area (Å²) < 4.78 is 5.80. The minimum atomic E-state index is 0.0313. The monoisotopic (exact) mass is 423 g/mol. The predicted octanol–water partition coefficient (Wildman–Crippen LogP) is 3.89. The second-order valence-corrected chi connectivity index (χ2v) is 8.37. The third kappa shape index (κ3) is 6.82. The van der Waals surface area contributed by atoms with Crippen LogP contribution in [0.2, 0.25) is 0 Å². The Bertz CT molecular complexity index is 911. The standard InChI is InChI=1S/C25H33N3O3/c1-18(2)28(3)17-21-8-5-4-7-20(21)16-26-24(29)9-6-14-31-22-11-12-23-19(15-22)10-13-25(30)27-23/h4-5,7-8,11-12,15,18H,6,9-10,13-14,16-17H2,1-3H3,(H,26,29)(H,27,30). The van der Waals surface area contributed by atoms with Gasteiger partial charge in [-0.2, -0.15) is 0 Å². The molecule has 2 aromatic rings. The molecule has 2 N–H and O–H groups in total. The molecule has 1 aliphatic rings. The lowest BCUT2D eigenvalue weighted by Crippen LogP contribution is -2.27. The van der Waals surface area contributed by atoms with Crippen molar-refractivity contribution in [2.75, 3.05) is 19.0 Å². The number of nitrogens with one attached hydrogen (secondary N) is 2. The van der Waals surface area contributed by atoms with Crippen molar-refractivity contribution >= 4 is 17.5 Å². The van der Waals surface area contributed by atoms with Gasteiger partial charge in [-0.25, -0.2) is 0 Å². The van der Waals surface area contributed by atoms with Crippen molar-refractivity contribution in [2.45, 2.75) is 58.7 Å². The van der Waals surface area contributed by atoms with Gasteiger partial charge in [-0.3, -0.25) is 14.5 Å². The molecule has 6 nitrogen and oxygen atoms in total. The molecule has 2 aromatic carbocycles. The first-order chi connectivity index (χ1) is 14.9. The third-order valence-corrected chi connectivity index (χ3v) is 5.68. The summed E-state index contributed by atoms with van der Waals surface area (Å²) in [7, 11) is 2.11. The number of amides is 2. The van der Waals surface area contributed by atoms with Crippen LogP contribution in [0.4, 0.5) is 5.69 Å². The van der Waals surface area contributed by atoms with E-state index in [1.165, 1.54) is 5.56 Å². The smallest absolute Gasteiger partial charge is 0.224 e. The van der Waals surface area contributed by atoms with E-state index in [4.69, 9.17) is 4.74 Å². The molecule has 0 fully saturated rings. The molecule has 0 aliphatic carbocycles. The third-order valence-electron chi connectivity index (χ3n) is 5.68. The van der Waals surface area contributed by atoms with Gasteiger partial charge in [0, 0.05) is 37.7 Å². The number of nitrogens with zero attached hydrogens (tertiary/aromatic N) is 1. The van der Waals surface area contributed by atoms with Crippen LogP contribution in [0, 0.1) is 0 Å². The Kier molecular flexibility index (Phi) is 8.06. The summed E-state index contributed by atoms with van der Waals surface area (Å²) in [5.41, 5.74) is 4.35. The van der Waals surface area contributed by atoms with E-state index in [1.807, 2.05) is 30.3 Å². The Hall–Kier alpha value is -2.86. The summed E-state index contributed by atoms with van der Waals surface area (Å²) in [4.78, 5) is 26.0. The highest BCUT2D eigenvalue weighted by molar-refractivity contribution is 5.94. The number of hydrogen-bond acceptors (Lipinski definition) is 4. The molecule has 6 heteroatoms. The molecular weight excluding hydrogens is 390 g/mol. The van der Waals surface area contributed by atoms with Gasteiger partial charge in [0.2, 0.25) is 11.8 Å². The molecule has 0 bridgehead atoms. The van der Waals surface area contributed by atoms with Crippen LogP contribution in [-0.2, 0) is 29.1 Å². The summed E-state index contributed by atoms with van der Waals surface area (Å²) in [6, 6.07) is 14.4. The maximum atomic E-state index is 12.3. The van der Waals surface area contributed by atoms with Crippen LogP contribution in [0.5, 0.6) is 5.75 Å². The average molecular weight is 424 g/mol. The Morgan fingerprint density at radius 3 is 2.71 bits per heavy atom. The number of hydrogen-bond donors (Lipinski definition) is 2. The molecule has 2 amide bonds. The molecule has 0 unspecified atom stereocenters. The molecule has 0 aromatic heterocycles. The molecule has 1 aliphatic heterocycles. The van der Waals surface area contributed by atoms with E-state index >= 15 is 0 Å². The van der Waals surface area contributed by atoms with Crippen molar-refractivity contribution in [1.29, 1.82) is 0 Å². The Morgan fingerprint density at radius 2 is 1.94 bits per heavy atom. The fraction of sp³-hybridized carbons (Fsp3) is 0.440. The fourth-order valence-corrected chi connectivity index (χ4v) is 3.49. The zero-order valence-corrected chi connectivity index (χ0v) is 18.7. The normalized spacial score (nSPS) is 13.1. The summed E-state index contributed by atoms with van der Waals surface area (Å²) in [6.45, 7) is 6.23. The van der Waals surface area contributed by atoms with Gasteiger partial charge in [0.15, 0.2) is 0 Å². The number of anilines is 1. The van der Waals surface area contributed by atoms with Crippen LogP contribution in [0.15, 0.2) is 42.5 Å². The Morgan fingerprint density at radius 1 is 1.16 bits per heavy atom. The van der Waals surface area contributed by atoms with Crippen LogP contribution in [-0.4, -0.2) is 36.4 Å². The number of ether oxygens (including phenoxy) is 1. The van der Waals surface area contributed by atoms with Crippen LogP contribution in [0.1, 0.15) is 49.8 Å². The van der Waals surface area contributed by atoms with Crippen LogP contribution in [0.25, 0.3) is 0 Å². The largest absolute Gasteiger partial charge is 0.494 e. The van der Waals surface area contributed by atoms with Gasteiger partial charge in [-0.05, 0) is 68.6 Å². The van der Waals surface area contributed by atoms with Crippen LogP contribution >= 0.6 is 0 Å². The first-order valence-corrected chi connectivity index (χ1v) is 11.0. The minimum Gasteiger partial charge on any atom is -0.494 e. The summed E-state index contributed by atoms with van der Waals surface area (Å²) >= 11 is 0. The van der Waals surface area contributed by atoms with Gasteiger partial charge < -0.3 is 15.4 Å². The molecule has 0 radical (unpaired) electrons. The molecule has 0 atom stereocenters. The van der Waals surface area contributed by atoms with E-state index in [-0.39, 0.29) is 11.8 Å². The number of benzene rings is 2. The first kappa shape index (κ1) is 22.8. The maximum absolute atomic E-state index is 12.3. The number of aryl methyl sites for hydroxylation is 1. The average Bonchev–Trinajstić information content (AvgIpc) is 2.76. The van der Waals surface area contributed by atoms with E-state index in [9.17, 15) is 9.59 Å². The van der Waals surface area contributed by atoms with Crippen molar-refractivity contribution in [3.05, 3.63) is 59.2 Å². The van der Waals surface area contributed by atoms with Crippen LogP contribution < -0.4 is 15.4 Å². The molecule has 1 heterocycles. The van der Waals surface area contributed by atoms with Crippen molar-refractivity contribution in [1.82, 2.24) is 10.2 Å². The van der Waals surface area contributed by atoms with Gasteiger partial charge in [-0.15, -0.1) is 0 Å². The lowest BCUT2D eigenvalue weighted by Gasteiger charge is -2.22. The van der Waals surface area contributed by atoms with Gasteiger partial charge in [0.25, 0.3) is 0 Å². The van der Waals surface area contributed by atoms with E-state index in [0.717, 1.165) is 35.5 Å². The Balaban J connectivity index is 1.40. The van der Waals surface area contributed by atoms with Gasteiger partial charge in [0.1, 0.15) is 5.75 Å². The first-order valence-electron chi connectivity index (χ1n) is 11.0. The van der Waals surface area contributed by atoms with Crippen molar-refractivity contribution in [3.8, 4) is 5.75 Å². The topological polar surface area (TPSA) is 70.7 Å². The zero-order valence-electron chi connectivity index (χ0n) is 18.7. The SMILES string of the molecule is CC(C)N(C)Cc1ccccc1CNC(=O)CCCOc1ccc2c(c1)CCC(=O)N2. The van der Waals surface area contributed by atoms with E-state index in [0.29, 0.717) is 38.5 Å². The minimum absolute atomic E-state index is 0.0313. The molecule has 166 valence electrons. The highest BCUT2D eigenvalue weighted by atomic mass is 16.5. The summed E-state index contributed by atoms with van der Waals surface area (Å²) in [5.74, 6) is 0.865. The van der Waals surface area contributed by atoms with Crippen molar-refractivity contribution < 1.29 is 14.3 Å². The van der Waals surface area contributed by atoms with Crippen molar-refractivity contribution in [3.63, 3.8) is 0 Å². The molecule has 0 saturated heterocycles. The number of carbonyl (C=O) groups is 2. The number of fused-ring (bicyclic) bond motifs is 1. The maximum Gasteiger partial charge on any atom is 0.224 e. The second kappa shape index (κ2) is 11.0. The second-order valence-electron chi connectivity index (χ2n) is 8.37. The molecule has 0 spiro atoms. The zero-order chi connectivity index (χ0) is 22.2. The van der Waals surface area contributed by atoms with Gasteiger partial charge in [0.05, 0.1) is 6.61 Å². The molecule has 0 saturated carbocycles. The summed E-state index contributed by atoms with van der Waals surface area (Å²) in [5, 5.41) is 5.90. The van der Waals surface area contributed by atoms with Crippen molar-refractivity contribution in [2.24, 2.45) is 0 Å². The molecule has 31 heavy (non-hydrogen) atoms. The lowest BCUT2D eigenvalue weighted by molar-refractivity contribution is -0.121. The van der Waals surface area contributed by atoms with E-state index < -0.39 is 0 Å². The van der Waals surface area contributed by atoms with Gasteiger partial charge >= 0.3 is 0 Å². The fourth-order valence-electron chi connectivity index (χ4n) is 3.49. The quantitative estimate of drug-likeness (QED) is 0.569.